The number of nitrogens with zero attached hydrogens (tertiary/aromatic N) is 2. The zero-order chi connectivity index (χ0) is 17.3. The van der Waals surface area contributed by atoms with Crippen LogP contribution in [0.25, 0.3) is 0 Å². The van der Waals surface area contributed by atoms with Crippen LogP contribution in [0.15, 0.2) is 24.3 Å². The van der Waals surface area contributed by atoms with Crippen LogP contribution in [0.5, 0.6) is 0 Å². The molecule has 2 heterocycles. The second-order valence-electron chi connectivity index (χ2n) is 3.60. The van der Waals surface area contributed by atoms with Gasteiger partial charge in [-0.3, -0.25) is 4.70 Å². The molecule has 2 rings (SSSR count). The Labute approximate surface area is 171 Å². The van der Waals surface area contributed by atoms with Crippen LogP contribution in [0.3, 0.4) is 0 Å². The van der Waals surface area contributed by atoms with E-state index in [0.29, 0.717) is 20.4 Å². The quantitative estimate of drug-likeness (QED) is 0.272. The third-order valence-electron chi connectivity index (χ3n) is 1.88. The predicted molar refractivity (Wildman–Crippen MR) is 98.1 cm³/mol. The van der Waals surface area contributed by atoms with Gasteiger partial charge in [-0.2, -0.15) is 0 Å². The van der Waals surface area contributed by atoms with E-state index in [2.05, 4.69) is 9.97 Å². The monoisotopic (exact) mass is 503 g/mol. The van der Waals surface area contributed by atoms with Crippen LogP contribution in [0, 0.1) is 13.8 Å². The Kier molecular flexibility index (Phi) is 15.8. The van der Waals surface area contributed by atoms with Gasteiger partial charge in [0.15, 0.2) is 0 Å². The summed E-state index contributed by atoms with van der Waals surface area (Å²) in [6.45, 7) is 3.73. The van der Waals surface area contributed by atoms with Gasteiger partial charge in [-0.1, -0.05) is 46.4 Å². The molecule has 23 heavy (non-hydrogen) atoms. The van der Waals surface area contributed by atoms with E-state index in [0.717, 1.165) is 11.4 Å². The van der Waals surface area contributed by atoms with E-state index in [1.165, 1.54) is 0 Å². The fourth-order valence-electron chi connectivity index (χ4n) is 1.02. The molecule has 2 aromatic heterocycles. The van der Waals surface area contributed by atoms with Gasteiger partial charge in [0.05, 0.1) is 10.0 Å². The number of aromatic nitrogens is 2. The third-order valence-corrected chi connectivity index (χ3v) is 3.26. The Hall–Kier alpha value is 0.779. The van der Waals surface area contributed by atoms with Crippen LogP contribution in [-0.2, 0) is 11.2 Å². The Morgan fingerprint density at radius 3 is 1.13 bits per heavy atom. The van der Waals surface area contributed by atoms with E-state index in [1.54, 1.807) is 12.1 Å². The van der Waals surface area contributed by atoms with E-state index in [9.17, 15) is 0 Å². The molecular formula is C12H11Cl7FFeN2. The van der Waals surface area contributed by atoms with E-state index < -0.39 is 11.2 Å². The van der Waals surface area contributed by atoms with Crippen molar-refractivity contribution in [3.8, 4) is 0 Å². The molecule has 0 unspecified atom stereocenters. The number of aryl methyl sites for hydroxylation is 2. The summed E-state index contributed by atoms with van der Waals surface area (Å²) in [6, 6.07) is 7.08. The van der Waals surface area contributed by atoms with E-state index in [1.807, 2.05) is 26.0 Å². The van der Waals surface area contributed by atoms with Crippen molar-refractivity contribution in [3.63, 3.8) is 0 Å². The maximum absolute atomic E-state index is 5.59. The number of pyridine rings is 2. The van der Waals surface area contributed by atoms with Gasteiger partial charge in [-0.05, 0) is 38.1 Å². The van der Waals surface area contributed by atoms with Gasteiger partial charge in [-0.15, -0.1) is 0 Å². The molecule has 0 fully saturated rings. The van der Waals surface area contributed by atoms with Gasteiger partial charge in [-0.25, -0.2) is 9.97 Å². The summed E-state index contributed by atoms with van der Waals surface area (Å²) in [5.41, 5.74) is 1.76. The number of hydrogen-bond acceptors (Lipinski definition) is 2. The standard InChI is InChI=1S/2C6H5Cl2N.3ClH.FH.Fe/c2*1-4-2-3-5(7)6(8)9-4;;;;;/h2*2-3H,1H3;4*1H;/q;;;;;;+3/p-3. The summed E-state index contributed by atoms with van der Waals surface area (Å²) < 4.78 is 0. The molecule has 2 nitrogen and oxygen atoms in total. The normalized spacial score (nSPS) is 9.52. The summed E-state index contributed by atoms with van der Waals surface area (Å²) in [6.07, 6.45) is 0. The van der Waals surface area contributed by atoms with Crippen molar-refractivity contribution in [1.82, 2.24) is 9.97 Å². The molecule has 0 spiro atoms. The van der Waals surface area contributed by atoms with E-state index >= 15 is 0 Å². The minimum atomic E-state index is -1.33. The molecule has 133 valence electrons. The summed E-state index contributed by atoms with van der Waals surface area (Å²) in [4.78, 5) is 7.81. The molecule has 0 atom stereocenters. The molecule has 0 bridgehead atoms. The molecule has 2 aromatic rings. The summed E-state index contributed by atoms with van der Waals surface area (Å²) in [5.74, 6) is 0. The van der Waals surface area contributed by atoms with Crippen LogP contribution in [0.2, 0.25) is 20.4 Å². The van der Waals surface area contributed by atoms with Gasteiger partial charge in [0.25, 0.3) is 0 Å². The molecule has 0 aliphatic carbocycles. The zero-order valence-corrected chi connectivity index (χ0v) is 18.0. The molecule has 0 N–H and O–H groups in total. The molecule has 0 aromatic carbocycles. The third kappa shape index (κ3) is 13.7. The van der Waals surface area contributed by atoms with Gasteiger partial charge in [0, 0.05) is 11.4 Å². The van der Waals surface area contributed by atoms with E-state index in [4.69, 9.17) is 76.7 Å². The molecule has 0 aliphatic rings. The van der Waals surface area contributed by atoms with Crippen LogP contribution < -0.4 is 0 Å². The molecule has 0 aliphatic heterocycles. The van der Waals surface area contributed by atoms with Gasteiger partial charge >= 0.3 is 41.5 Å². The fourth-order valence-corrected chi connectivity index (χ4v) is 1.62. The van der Waals surface area contributed by atoms with Crippen molar-refractivity contribution in [2.24, 2.45) is 0 Å². The maximum atomic E-state index is 5.59. The topological polar surface area (TPSA) is 25.8 Å². The van der Waals surface area contributed by atoms with Gasteiger partial charge in [0.1, 0.15) is 10.3 Å². The first-order valence-electron chi connectivity index (χ1n) is 5.37. The van der Waals surface area contributed by atoms with Crippen molar-refractivity contribution in [3.05, 3.63) is 56.0 Å². The number of rotatable bonds is 0. The number of halogens is 8. The fraction of sp³-hybridized carbons (Fsp3) is 0.167. The van der Waals surface area contributed by atoms with Crippen LogP contribution in [0.1, 0.15) is 11.4 Å². The SMILES string of the molecule is Cc1ccc(Cl)c(Cl)n1.Cc1ccc(Cl)c(Cl)n1.F.[Cl][Fe]([Cl])[Cl]. The first-order valence-corrected chi connectivity index (χ1v) is 11.4. The predicted octanol–water partition coefficient (Wildman–Crippen LogP) is 7.61. The van der Waals surface area contributed by atoms with Crippen LogP contribution >= 0.6 is 76.7 Å². The molecule has 0 radical (unpaired) electrons. The molecule has 0 amide bonds. The Morgan fingerprint density at radius 1 is 0.696 bits per heavy atom. The molecular weight excluding hydrogens is 495 g/mol. The molecule has 0 saturated carbocycles. The average Bonchev–Trinajstić information content (AvgIpc) is 2.39. The molecule has 11 heteroatoms. The second kappa shape index (κ2) is 14.0. The van der Waals surface area contributed by atoms with Crippen molar-refractivity contribution in [2.45, 2.75) is 13.8 Å². The van der Waals surface area contributed by atoms with Gasteiger partial charge < -0.3 is 0 Å². The van der Waals surface area contributed by atoms with Crippen molar-refractivity contribution in [1.29, 1.82) is 0 Å². The average molecular weight is 506 g/mol. The Morgan fingerprint density at radius 2 is 0.957 bits per heavy atom. The van der Waals surface area contributed by atoms with Crippen LogP contribution in [-0.4, -0.2) is 9.97 Å². The first-order chi connectivity index (χ1) is 10.1. The second-order valence-corrected chi connectivity index (χ2v) is 10.6. The Bertz CT molecular complexity index is 549. The zero-order valence-electron chi connectivity index (χ0n) is 11.6. The Balaban J connectivity index is 0. The van der Waals surface area contributed by atoms with Crippen molar-refractivity contribution in [2.75, 3.05) is 0 Å². The van der Waals surface area contributed by atoms with Crippen LogP contribution in [0.4, 0.5) is 4.70 Å². The van der Waals surface area contributed by atoms with Crippen molar-refractivity contribution < 1.29 is 15.9 Å². The van der Waals surface area contributed by atoms with Crippen molar-refractivity contribution >= 4 is 76.7 Å². The van der Waals surface area contributed by atoms with Gasteiger partial charge in [0.2, 0.25) is 0 Å². The minimum absolute atomic E-state index is 0. The summed E-state index contributed by atoms with van der Waals surface area (Å²) in [5, 5.41) is 1.75. The summed E-state index contributed by atoms with van der Waals surface area (Å²) >= 11 is 21.0. The van der Waals surface area contributed by atoms with E-state index in [-0.39, 0.29) is 4.70 Å². The first kappa shape index (κ1) is 26.0. The summed E-state index contributed by atoms with van der Waals surface area (Å²) in [7, 11) is 14.7. The number of hydrogen-bond donors (Lipinski definition) is 0. The molecule has 0 saturated heterocycles.